The van der Waals surface area contributed by atoms with Crippen LogP contribution in [-0.4, -0.2) is 26.1 Å². The number of rotatable bonds is 12. The van der Waals surface area contributed by atoms with Crippen LogP contribution in [0.15, 0.2) is 138 Å². The summed E-state index contributed by atoms with van der Waals surface area (Å²) < 4.78 is 35.9. The number of anilines is 4. The first-order valence-corrected chi connectivity index (χ1v) is 20.3. The second-order valence-electron chi connectivity index (χ2n) is 14.5. The summed E-state index contributed by atoms with van der Waals surface area (Å²) in [5, 5.41) is 0. The molecule has 0 aliphatic heterocycles. The van der Waals surface area contributed by atoms with E-state index in [2.05, 4.69) is 119 Å². The molecule has 0 amide bonds. The zero-order valence-electron chi connectivity index (χ0n) is 29.5. The Morgan fingerprint density at radius 1 is 0.490 bits per heavy atom. The number of nitrogens with zero attached hydrogens (tertiary/aromatic N) is 2. The molecule has 2 saturated carbocycles. The van der Waals surface area contributed by atoms with E-state index < -0.39 is 16.0 Å². The highest BCUT2D eigenvalue weighted by molar-refractivity contribution is 7.85. The van der Waals surface area contributed by atoms with Gasteiger partial charge in [0.15, 0.2) is 0 Å². The van der Waals surface area contributed by atoms with Crippen LogP contribution in [0.1, 0.15) is 86.8 Å². The predicted molar refractivity (Wildman–Crippen MR) is 210 cm³/mol. The van der Waals surface area contributed by atoms with E-state index in [9.17, 15) is 13.0 Å². The Bertz CT molecular complexity index is 1830. The van der Waals surface area contributed by atoms with E-state index in [-0.39, 0.29) is 4.90 Å². The Hall–Kier alpha value is -4.39. The maximum Gasteiger partial charge on any atom is 0.294 e. The van der Waals surface area contributed by atoms with Gasteiger partial charge in [-0.3, -0.25) is 4.55 Å². The average molecular weight is 699 g/mol. The van der Waals surface area contributed by atoms with Crippen molar-refractivity contribution in [3.8, 4) is 0 Å². The van der Waals surface area contributed by atoms with Crippen LogP contribution >= 0.6 is 0 Å². The van der Waals surface area contributed by atoms with E-state index in [0.717, 1.165) is 35.6 Å². The third-order valence-corrected chi connectivity index (χ3v) is 12.0. The van der Waals surface area contributed by atoms with Crippen LogP contribution in [0, 0.1) is 11.8 Å². The quantitative estimate of drug-likeness (QED) is 0.104. The summed E-state index contributed by atoms with van der Waals surface area (Å²) >= 11 is 0. The molecule has 5 aromatic rings. The Labute approximate surface area is 304 Å². The molecule has 2 aliphatic carbocycles. The topological polar surface area (TPSA) is 60.9 Å². The van der Waals surface area contributed by atoms with E-state index in [4.69, 9.17) is 0 Å². The molecule has 0 atom stereocenters. The number of hydrogen-bond donors (Lipinski definition) is 1. The van der Waals surface area contributed by atoms with Crippen LogP contribution in [0.3, 0.4) is 0 Å². The lowest BCUT2D eigenvalue weighted by atomic mass is 9.84. The Balaban J connectivity index is 1.25. The second-order valence-corrected chi connectivity index (χ2v) is 15.9. The van der Waals surface area contributed by atoms with Gasteiger partial charge in [-0.2, -0.15) is 8.42 Å². The van der Waals surface area contributed by atoms with Crippen LogP contribution < -0.4 is 9.80 Å². The van der Waals surface area contributed by atoms with Crippen molar-refractivity contribution in [3.63, 3.8) is 0 Å². The summed E-state index contributed by atoms with van der Waals surface area (Å²) in [7, 11) is -4.46. The van der Waals surface area contributed by atoms with Crippen molar-refractivity contribution in [1.82, 2.24) is 0 Å². The highest BCUT2D eigenvalue weighted by atomic mass is 32.2. The maximum atomic E-state index is 12.7. The van der Waals surface area contributed by atoms with Crippen LogP contribution in [0.25, 0.3) is 0 Å². The summed E-state index contributed by atoms with van der Waals surface area (Å²) in [6, 6.07) is 45.3. The molecule has 2 aliphatic rings. The standard InChI is InChI=1S/C45H50N2O3S/c48-51(49,50)44-24-14-13-23-43(44)45(37-25-29-41(30-26-37)46(39-19-9-3-10-20-39)33-35-15-5-1-6-16-35)38-27-31-42(32-28-38)47(40-21-11-4-12-22-40)34-36-17-7-2-8-18-36/h3-4,9-14,19-32,35-36,45H,1-2,5-8,15-18,33-34H2,(H,48,49,50). The highest BCUT2D eigenvalue weighted by Gasteiger charge is 2.26. The first kappa shape index (κ1) is 35.0. The van der Waals surface area contributed by atoms with Crippen molar-refractivity contribution in [2.24, 2.45) is 11.8 Å². The summed E-state index contributed by atoms with van der Waals surface area (Å²) in [5.41, 5.74) is 7.09. The molecule has 264 valence electrons. The van der Waals surface area contributed by atoms with Gasteiger partial charge in [-0.25, -0.2) is 0 Å². The molecule has 0 saturated heterocycles. The van der Waals surface area contributed by atoms with Crippen molar-refractivity contribution < 1.29 is 13.0 Å². The molecule has 0 heterocycles. The van der Waals surface area contributed by atoms with Crippen molar-refractivity contribution in [1.29, 1.82) is 0 Å². The number of hydrogen-bond acceptors (Lipinski definition) is 4. The molecule has 0 aromatic heterocycles. The summed E-state index contributed by atoms with van der Waals surface area (Å²) in [6.45, 7) is 1.94. The van der Waals surface area contributed by atoms with Gasteiger partial charge < -0.3 is 9.80 Å². The maximum absolute atomic E-state index is 12.7. The van der Waals surface area contributed by atoms with Gasteiger partial charge in [0.05, 0.1) is 4.90 Å². The van der Waals surface area contributed by atoms with Crippen molar-refractivity contribution in [2.45, 2.75) is 75.0 Å². The van der Waals surface area contributed by atoms with Crippen LogP contribution in [0.4, 0.5) is 22.7 Å². The first-order valence-electron chi connectivity index (χ1n) is 18.9. The van der Waals surface area contributed by atoms with Gasteiger partial charge in [-0.15, -0.1) is 0 Å². The van der Waals surface area contributed by atoms with Crippen LogP contribution in [0.5, 0.6) is 0 Å². The lowest BCUT2D eigenvalue weighted by Gasteiger charge is -2.32. The fourth-order valence-corrected chi connectivity index (χ4v) is 9.12. The molecule has 0 bridgehead atoms. The molecule has 1 N–H and O–H groups in total. The summed E-state index contributed by atoms with van der Waals surface area (Å²) in [4.78, 5) is 4.80. The Morgan fingerprint density at radius 2 is 0.863 bits per heavy atom. The molecule has 0 unspecified atom stereocenters. The van der Waals surface area contributed by atoms with Crippen LogP contribution in [0.2, 0.25) is 0 Å². The molecule has 5 aromatic carbocycles. The minimum Gasteiger partial charge on any atom is -0.341 e. The second kappa shape index (κ2) is 16.3. The number of benzene rings is 5. The normalized spacial score (nSPS) is 15.9. The zero-order valence-corrected chi connectivity index (χ0v) is 30.3. The first-order chi connectivity index (χ1) is 24.9. The minimum absolute atomic E-state index is 0.0606. The minimum atomic E-state index is -4.46. The Kier molecular flexibility index (Phi) is 11.2. The van der Waals surface area contributed by atoms with Gasteiger partial charge in [0.2, 0.25) is 0 Å². The van der Waals surface area contributed by atoms with E-state index in [1.54, 1.807) is 6.07 Å². The van der Waals surface area contributed by atoms with Crippen molar-refractivity contribution in [2.75, 3.05) is 22.9 Å². The SMILES string of the molecule is O=S(=O)(O)c1ccccc1C(c1ccc(N(CC2CCCCC2)c2ccccc2)cc1)c1ccc(N(CC2CCCCC2)c2ccccc2)cc1. The lowest BCUT2D eigenvalue weighted by Crippen LogP contribution is -2.26. The van der Waals surface area contributed by atoms with Gasteiger partial charge in [0, 0.05) is 41.8 Å². The molecule has 6 heteroatoms. The third kappa shape index (κ3) is 8.57. The van der Waals surface area contributed by atoms with E-state index >= 15 is 0 Å². The average Bonchev–Trinajstić information content (AvgIpc) is 3.18. The third-order valence-electron chi connectivity index (χ3n) is 11.1. The largest absolute Gasteiger partial charge is 0.341 e. The fourth-order valence-electron chi connectivity index (χ4n) is 8.39. The van der Waals surface area contributed by atoms with E-state index in [1.165, 1.54) is 81.6 Å². The summed E-state index contributed by atoms with van der Waals surface area (Å²) in [5.74, 6) is 0.901. The highest BCUT2D eigenvalue weighted by Crippen LogP contribution is 2.39. The smallest absolute Gasteiger partial charge is 0.294 e. The molecule has 2 fully saturated rings. The van der Waals surface area contributed by atoms with E-state index in [1.807, 2.05) is 12.1 Å². The molecule has 51 heavy (non-hydrogen) atoms. The van der Waals surface area contributed by atoms with Gasteiger partial charge in [-0.05, 0) is 109 Å². The molecule has 0 spiro atoms. The predicted octanol–water partition coefficient (Wildman–Crippen LogP) is 11.6. The molecular formula is C45H50N2O3S. The fraction of sp³-hybridized carbons (Fsp3) is 0.333. The molecule has 7 rings (SSSR count). The number of para-hydroxylation sites is 2. The molecule has 0 radical (unpaired) electrons. The van der Waals surface area contributed by atoms with Crippen LogP contribution in [-0.2, 0) is 10.1 Å². The Morgan fingerprint density at radius 3 is 1.27 bits per heavy atom. The zero-order chi connectivity index (χ0) is 35.0. The monoisotopic (exact) mass is 698 g/mol. The van der Waals surface area contributed by atoms with Crippen molar-refractivity contribution in [3.05, 3.63) is 150 Å². The molecule has 5 nitrogen and oxygen atoms in total. The van der Waals surface area contributed by atoms with Crippen molar-refractivity contribution >= 4 is 32.9 Å². The molecular weight excluding hydrogens is 649 g/mol. The van der Waals surface area contributed by atoms with E-state index in [0.29, 0.717) is 17.4 Å². The van der Waals surface area contributed by atoms with Gasteiger partial charge in [0.25, 0.3) is 10.1 Å². The van der Waals surface area contributed by atoms with Gasteiger partial charge in [-0.1, -0.05) is 117 Å². The summed E-state index contributed by atoms with van der Waals surface area (Å²) in [6.07, 6.45) is 12.9. The van der Waals surface area contributed by atoms with Gasteiger partial charge >= 0.3 is 0 Å². The van der Waals surface area contributed by atoms with Gasteiger partial charge in [0.1, 0.15) is 0 Å². The lowest BCUT2D eigenvalue weighted by molar-refractivity contribution is 0.365.